The topological polar surface area (TPSA) is 46.5 Å². The summed E-state index contributed by atoms with van der Waals surface area (Å²) in [6.45, 7) is 15.1. The monoisotopic (exact) mass is 338 g/mol. The molecule has 1 N–H and O–H groups in total. The Labute approximate surface area is 142 Å². The minimum absolute atomic E-state index is 0.0965. The molecule has 1 aromatic rings. The van der Waals surface area contributed by atoms with E-state index in [4.69, 9.17) is 4.52 Å². The van der Waals surface area contributed by atoms with E-state index in [1.807, 2.05) is 12.1 Å². The first-order chi connectivity index (χ1) is 10.4. The second kappa shape index (κ2) is 7.77. The lowest BCUT2D eigenvalue weighted by molar-refractivity contribution is 0.140. The van der Waals surface area contributed by atoms with Crippen molar-refractivity contribution in [2.24, 2.45) is 11.3 Å². The molecule has 1 rings (SSSR count). The van der Waals surface area contributed by atoms with Crippen LogP contribution in [0.15, 0.2) is 18.2 Å². The average Bonchev–Trinajstić information content (AvgIpc) is 2.38. The molecule has 0 aliphatic rings. The van der Waals surface area contributed by atoms with Gasteiger partial charge in [-0.2, -0.15) is 0 Å². The molecule has 1 aromatic carbocycles. The Bertz CT molecular complexity index is 526. The molecule has 0 bridgehead atoms. The summed E-state index contributed by atoms with van der Waals surface area (Å²) in [4.78, 5) is 0. The van der Waals surface area contributed by atoms with Crippen LogP contribution < -0.4 is 0 Å². The lowest BCUT2D eigenvalue weighted by atomic mass is 9.78. The van der Waals surface area contributed by atoms with Crippen molar-refractivity contribution in [2.75, 3.05) is 0 Å². The maximum absolute atomic E-state index is 11.0. The summed E-state index contributed by atoms with van der Waals surface area (Å²) in [5, 5.41) is 10.1. The molecule has 3 nitrogen and oxygen atoms in total. The van der Waals surface area contributed by atoms with Crippen LogP contribution in [0.5, 0.6) is 5.75 Å². The highest BCUT2D eigenvalue weighted by atomic mass is 31.1. The smallest absolute Gasteiger partial charge is 0.327 e. The van der Waals surface area contributed by atoms with Crippen LogP contribution in [0, 0.1) is 11.3 Å². The Balaban J connectivity index is 2.95. The molecule has 0 aromatic heterocycles. The minimum atomic E-state index is -0.274. The summed E-state index contributed by atoms with van der Waals surface area (Å²) in [5.74, 6) is 0.775. The van der Waals surface area contributed by atoms with Gasteiger partial charge >= 0.3 is 8.69 Å². The van der Waals surface area contributed by atoms with E-state index in [2.05, 4.69) is 48.5 Å². The third-order valence-corrected chi connectivity index (χ3v) is 5.00. The van der Waals surface area contributed by atoms with Gasteiger partial charge in [-0.15, -0.1) is 0 Å². The summed E-state index contributed by atoms with van der Waals surface area (Å²) >= 11 is 0. The molecule has 0 saturated heterocycles. The van der Waals surface area contributed by atoms with Gasteiger partial charge < -0.3 is 5.11 Å². The van der Waals surface area contributed by atoms with Crippen LogP contribution in [-0.2, 0) is 20.9 Å². The van der Waals surface area contributed by atoms with Gasteiger partial charge in [0.25, 0.3) is 0 Å². The zero-order valence-electron chi connectivity index (χ0n) is 15.5. The van der Waals surface area contributed by atoms with E-state index in [0.717, 1.165) is 17.5 Å². The number of hydrogen-bond donors (Lipinski definition) is 1. The van der Waals surface area contributed by atoms with Gasteiger partial charge in [-0.05, 0) is 46.8 Å². The van der Waals surface area contributed by atoms with Crippen LogP contribution in [0.2, 0.25) is 0 Å². The second-order valence-corrected chi connectivity index (χ2v) is 8.97. The van der Waals surface area contributed by atoms with Gasteiger partial charge in [-0.1, -0.05) is 60.6 Å². The zero-order chi connectivity index (χ0) is 17.8. The Kier molecular flexibility index (Phi) is 6.80. The van der Waals surface area contributed by atoms with Crippen molar-refractivity contribution < 1.29 is 14.2 Å². The molecule has 4 heteroatoms. The van der Waals surface area contributed by atoms with Gasteiger partial charge in [0.05, 0.1) is 6.10 Å². The van der Waals surface area contributed by atoms with E-state index in [1.54, 1.807) is 6.07 Å². The molecular formula is C19H31O3P. The maximum atomic E-state index is 11.0. The van der Waals surface area contributed by atoms with Crippen LogP contribution >= 0.6 is 8.69 Å². The molecule has 2 atom stereocenters. The largest absolute Gasteiger partial charge is 0.508 e. The lowest BCUT2D eigenvalue weighted by Gasteiger charge is -2.30. The standard InChI is InChI=1S/C19H31O3P/c1-13(18(2,3)4)10-15(22-23-21)11-14-8-9-17(20)16(12-14)19(5,6)7/h8-9,12-13,15,20H,10-11H2,1-7H3. The quantitative estimate of drug-likeness (QED) is 0.657. The summed E-state index contributed by atoms with van der Waals surface area (Å²) in [6.07, 6.45) is 1.45. The molecule has 0 aliphatic heterocycles. The normalized spacial score (nSPS) is 15.6. The molecule has 2 unspecified atom stereocenters. The fourth-order valence-electron chi connectivity index (χ4n) is 2.55. The van der Waals surface area contributed by atoms with Gasteiger partial charge in [0.2, 0.25) is 0 Å². The Morgan fingerprint density at radius 3 is 2.26 bits per heavy atom. The Morgan fingerprint density at radius 1 is 1.17 bits per heavy atom. The summed E-state index contributed by atoms with van der Waals surface area (Å²) < 4.78 is 16.4. The molecule has 23 heavy (non-hydrogen) atoms. The molecule has 0 fully saturated rings. The van der Waals surface area contributed by atoms with E-state index in [-0.39, 0.29) is 25.6 Å². The maximum Gasteiger partial charge on any atom is 0.327 e. The zero-order valence-corrected chi connectivity index (χ0v) is 16.4. The van der Waals surface area contributed by atoms with E-state index >= 15 is 0 Å². The average molecular weight is 338 g/mol. The molecule has 130 valence electrons. The second-order valence-electron chi connectivity index (χ2n) is 8.61. The van der Waals surface area contributed by atoms with Crippen molar-refractivity contribution in [3.63, 3.8) is 0 Å². The third kappa shape index (κ3) is 6.24. The Hall–Kier alpha value is -0.920. The molecular weight excluding hydrogens is 307 g/mol. The molecule has 0 amide bonds. The minimum Gasteiger partial charge on any atom is -0.508 e. The van der Waals surface area contributed by atoms with Gasteiger partial charge in [0.15, 0.2) is 0 Å². The van der Waals surface area contributed by atoms with Crippen molar-refractivity contribution in [2.45, 2.75) is 72.8 Å². The van der Waals surface area contributed by atoms with Gasteiger partial charge in [0, 0.05) is 0 Å². The third-order valence-electron chi connectivity index (χ3n) is 4.62. The number of hydrogen-bond acceptors (Lipinski definition) is 3. The lowest BCUT2D eigenvalue weighted by Crippen LogP contribution is -2.24. The highest BCUT2D eigenvalue weighted by Crippen LogP contribution is 2.34. The number of aromatic hydroxyl groups is 1. The van der Waals surface area contributed by atoms with E-state index < -0.39 is 0 Å². The van der Waals surface area contributed by atoms with Crippen molar-refractivity contribution in [1.82, 2.24) is 0 Å². The first kappa shape index (κ1) is 20.1. The van der Waals surface area contributed by atoms with E-state index in [0.29, 0.717) is 18.1 Å². The molecule has 0 saturated carbocycles. The van der Waals surface area contributed by atoms with E-state index in [1.165, 1.54) is 0 Å². The summed E-state index contributed by atoms with van der Waals surface area (Å²) in [7, 11) is -0.274. The molecule has 0 radical (unpaired) electrons. The first-order valence-electron chi connectivity index (χ1n) is 8.26. The fourth-order valence-corrected chi connectivity index (χ4v) is 2.83. The summed E-state index contributed by atoms with van der Waals surface area (Å²) in [6, 6.07) is 5.70. The van der Waals surface area contributed by atoms with Crippen LogP contribution in [0.4, 0.5) is 0 Å². The number of phenols is 1. The number of phenolic OH excluding ortho intramolecular Hbond substituents is 1. The number of rotatable bonds is 6. The van der Waals surface area contributed by atoms with Gasteiger partial charge in [0.1, 0.15) is 5.75 Å². The van der Waals surface area contributed by atoms with Gasteiger partial charge in [-0.3, -0.25) is 4.52 Å². The van der Waals surface area contributed by atoms with Crippen LogP contribution in [0.3, 0.4) is 0 Å². The van der Waals surface area contributed by atoms with Crippen LogP contribution in [0.1, 0.15) is 66.0 Å². The predicted molar refractivity (Wildman–Crippen MR) is 96.2 cm³/mol. The van der Waals surface area contributed by atoms with Crippen molar-refractivity contribution >= 4 is 8.69 Å². The highest BCUT2D eigenvalue weighted by molar-refractivity contribution is 7.17. The van der Waals surface area contributed by atoms with Crippen molar-refractivity contribution in [3.8, 4) is 5.75 Å². The van der Waals surface area contributed by atoms with Crippen molar-refractivity contribution in [3.05, 3.63) is 29.3 Å². The molecule has 0 spiro atoms. The molecule has 0 heterocycles. The summed E-state index contributed by atoms with van der Waals surface area (Å²) in [5.41, 5.74) is 2.10. The SMILES string of the molecule is CC(CC(Cc1ccc(O)c(C(C)(C)C)c1)OP=O)C(C)(C)C. The predicted octanol–water partition coefficient (Wildman–Crippen LogP) is 5.90. The highest BCUT2D eigenvalue weighted by Gasteiger charge is 2.25. The fraction of sp³-hybridized carbons (Fsp3) is 0.684. The van der Waals surface area contributed by atoms with E-state index in [9.17, 15) is 9.67 Å². The Morgan fingerprint density at radius 2 is 1.78 bits per heavy atom. The van der Waals surface area contributed by atoms with Crippen molar-refractivity contribution in [1.29, 1.82) is 0 Å². The van der Waals surface area contributed by atoms with Crippen LogP contribution in [-0.4, -0.2) is 11.2 Å². The van der Waals surface area contributed by atoms with Gasteiger partial charge in [-0.25, -0.2) is 4.57 Å². The molecule has 0 aliphatic carbocycles. The number of benzene rings is 1. The van der Waals surface area contributed by atoms with Crippen LogP contribution in [0.25, 0.3) is 0 Å². The first-order valence-corrected chi connectivity index (χ1v) is 8.99.